The van der Waals surface area contributed by atoms with Crippen molar-refractivity contribution in [2.75, 3.05) is 7.11 Å². The van der Waals surface area contributed by atoms with Crippen molar-refractivity contribution in [3.05, 3.63) is 42.2 Å². The van der Waals surface area contributed by atoms with Gasteiger partial charge in [-0.1, -0.05) is 6.07 Å². The first kappa shape index (κ1) is 21.2. The van der Waals surface area contributed by atoms with E-state index in [2.05, 4.69) is 15.2 Å². The molecule has 0 aliphatic rings. The third kappa shape index (κ3) is 5.00. The zero-order valence-corrected chi connectivity index (χ0v) is 15.3. The molecule has 0 saturated carbocycles. The Morgan fingerprint density at radius 1 is 1.29 bits per heavy atom. The number of methoxy groups -OCH3 is 1. The van der Waals surface area contributed by atoms with Crippen LogP contribution in [0.15, 0.2) is 41.6 Å². The maximum Gasteiger partial charge on any atom is 0.416 e. The monoisotopic (exact) mass is 420 g/mol. The minimum Gasteiger partial charge on any atom is -0.453 e. The zero-order valence-electron chi connectivity index (χ0n) is 14.5. The average molecular weight is 420 g/mol. The second kappa shape index (κ2) is 7.88. The lowest BCUT2D eigenvalue weighted by Gasteiger charge is -2.12. The third-order valence-electron chi connectivity index (χ3n) is 3.46. The molecule has 0 saturated heterocycles. The van der Waals surface area contributed by atoms with Crippen molar-refractivity contribution < 1.29 is 35.9 Å². The molecular formula is C15H15F3N4O5S. The molecule has 2 N–H and O–H groups in total. The molecule has 0 aliphatic carbocycles. The van der Waals surface area contributed by atoms with Gasteiger partial charge in [-0.15, -0.1) is 0 Å². The number of alkyl halides is 3. The third-order valence-corrected chi connectivity index (χ3v) is 4.76. The van der Waals surface area contributed by atoms with E-state index in [1.807, 2.05) is 0 Å². The highest BCUT2D eigenvalue weighted by Gasteiger charge is 2.31. The Morgan fingerprint density at radius 2 is 1.96 bits per heavy atom. The van der Waals surface area contributed by atoms with Gasteiger partial charge in [0.1, 0.15) is 10.9 Å². The molecule has 0 spiro atoms. The molecule has 13 heteroatoms. The highest BCUT2D eigenvalue weighted by molar-refractivity contribution is 7.90. The van der Waals surface area contributed by atoms with Crippen molar-refractivity contribution in [1.82, 2.24) is 19.8 Å². The van der Waals surface area contributed by atoms with E-state index in [0.29, 0.717) is 0 Å². The van der Waals surface area contributed by atoms with Gasteiger partial charge in [-0.3, -0.25) is 4.79 Å². The Morgan fingerprint density at radius 3 is 2.57 bits per heavy atom. The molecule has 1 aromatic heterocycles. The highest BCUT2D eigenvalue weighted by Crippen LogP contribution is 2.30. The molecule has 0 fully saturated rings. The topological polar surface area (TPSA) is 119 Å². The van der Waals surface area contributed by atoms with E-state index in [1.165, 1.54) is 13.0 Å². The van der Waals surface area contributed by atoms with Crippen LogP contribution in [0.1, 0.15) is 12.5 Å². The lowest BCUT2D eigenvalue weighted by atomic mass is 10.2. The lowest BCUT2D eigenvalue weighted by Crippen LogP contribution is -2.46. The summed E-state index contributed by atoms with van der Waals surface area (Å²) >= 11 is 0. The first-order valence-electron chi connectivity index (χ1n) is 7.57. The standard InChI is InChI=1S/C15H15F3N4O5S/c1-9(20-14(24)27-2)13(23)21-28(25,26)12-7-19-22(8-12)11-5-3-4-10(6-11)15(16,17)18/h3-9H,1-2H3,(H,20,24)(H,21,23)/t9-/m0/s1. The van der Waals surface area contributed by atoms with Gasteiger partial charge in [0.05, 0.1) is 30.8 Å². The van der Waals surface area contributed by atoms with Crippen LogP contribution >= 0.6 is 0 Å². The fourth-order valence-electron chi connectivity index (χ4n) is 1.99. The number of amides is 2. The molecule has 28 heavy (non-hydrogen) atoms. The van der Waals surface area contributed by atoms with Crippen molar-refractivity contribution in [3.63, 3.8) is 0 Å². The van der Waals surface area contributed by atoms with Crippen molar-refractivity contribution in [2.24, 2.45) is 0 Å². The minimum absolute atomic E-state index is 0.0247. The molecule has 0 aliphatic heterocycles. The number of halogens is 3. The normalized spacial score (nSPS) is 12.9. The number of rotatable bonds is 5. The molecule has 9 nitrogen and oxygen atoms in total. The molecule has 1 atom stereocenters. The van der Waals surface area contributed by atoms with E-state index in [4.69, 9.17) is 0 Å². The summed E-state index contributed by atoms with van der Waals surface area (Å²) in [5, 5.41) is 5.81. The van der Waals surface area contributed by atoms with E-state index in [1.54, 1.807) is 4.72 Å². The second-order valence-corrected chi connectivity index (χ2v) is 7.18. The largest absolute Gasteiger partial charge is 0.453 e. The van der Waals surface area contributed by atoms with E-state index in [0.717, 1.165) is 42.4 Å². The van der Waals surface area contributed by atoms with E-state index in [9.17, 15) is 31.2 Å². The molecule has 1 heterocycles. The van der Waals surface area contributed by atoms with Gasteiger partial charge in [0.15, 0.2) is 0 Å². The van der Waals surface area contributed by atoms with Crippen molar-refractivity contribution >= 4 is 22.0 Å². The number of hydrogen-bond donors (Lipinski definition) is 2. The lowest BCUT2D eigenvalue weighted by molar-refractivity contribution is -0.137. The summed E-state index contributed by atoms with van der Waals surface area (Å²) in [5.41, 5.74) is -0.954. The zero-order chi connectivity index (χ0) is 21.1. The Kier molecular flexibility index (Phi) is 5.97. The quantitative estimate of drug-likeness (QED) is 0.756. The Hall–Kier alpha value is -3.09. The fraction of sp³-hybridized carbons (Fsp3) is 0.267. The van der Waals surface area contributed by atoms with Gasteiger partial charge in [0.25, 0.3) is 15.9 Å². The summed E-state index contributed by atoms with van der Waals surface area (Å²) in [7, 11) is -3.30. The summed E-state index contributed by atoms with van der Waals surface area (Å²) < 4.78 is 69.9. The number of nitrogens with zero attached hydrogens (tertiary/aromatic N) is 2. The van der Waals surface area contributed by atoms with Gasteiger partial charge in [-0.05, 0) is 25.1 Å². The van der Waals surface area contributed by atoms with Gasteiger partial charge < -0.3 is 10.1 Å². The summed E-state index contributed by atoms with van der Waals surface area (Å²) in [6.07, 6.45) is -3.69. The molecule has 0 bridgehead atoms. The number of hydrogen-bond acceptors (Lipinski definition) is 6. The van der Waals surface area contributed by atoms with Crippen LogP contribution < -0.4 is 10.0 Å². The maximum absolute atomic E-state index is 12.8. The van der Waals surface area contributed by atoms with Gasteiger partial charge in [-0.2, -0.15) is 18.3 Å². The molecule has 2 aromatic rings. The molecular weight excluding hydrogens is 405 g/mol. The number of alkyl carbamates (subject to hydrolysis) is 1. The van der Waals surface area contributed by atoms with Gasteiger partial charge in [-0.25, -0.2) is 22.6 Å². The van der Waals surface area contributed by atoms with Crippen LogP contribution in [0.25, 0.3) is 5.69 Å². The molecule has 0 unspecified atom stereocenters. The number of carbonyl (C=O) groups is 2. The first-order chi connectivity index (χ1) is 12.9. The average Bonchev–Trinajstić information content (AvgIpc) is 3.11. The smallest absolute Gasteiger partial charge is 0.416 e. The van der Waals surface area contributed by atoms with Crippen LogP contribution in [0, 0.1) is 0 Å². The number of ether oxygens (including phenoxy) is 1. The number of nitrogens with one attached hydrogen (secondary N) is 2. The highest BCUT2D eigenvalue weighted by atomic mass is 32.2. The Balaban J connectivity index is 2.21. The van der Waals surface area contributed by atoms with Crippen LogP contribution in [-0.4, -0.2) is 43.4 Å². The molecule has 2 rings (SSSR count). The summed E-state index contributed by atoms with van der Waals surface area (Å²) in [4.78, 5) is 22.5. The maximum atomic E-state index is 12.8. The minimum atomic E-state index is -4.57. The number of sulfonamides is 1. The predicted octanol–water partition coefficient (Wildman–Crippen LogP) is 1.44. The molecule has 2 amide bonds. The van der Waals surface area contributed by atoms with E-state index < -0.39 is 44.7 Å². The summed E-state index contributed by atoms with van der Waals surface area (Å²) in [6, 6.07) is 2.89. The van der Waals surface area contributed by atoms with Gasteiger partial charge in [0, 0.05) is 0 Å². The van der Waals surface area contributed by atoms with Crippen molar-refractivity contribution in [3.8, 4) is 5.69 Å². The van der Waals surface area contributed by atoms with E-state index in [-0.39, 0.29) is 5.69 Å². The number of aromatic nitrogens is 2. The molecule has 1 aromatic carbocycles. The van der Waals surface area contributed by atoms with Crippen LogP contribution in [0.4, 0.5) is 18.0 Å². The van der Waals surface area contributed by atoms with E-state index >= 15 is 0 Å². The SMILES string of the molecule is COC(=O)N[C@@H](C)C(=O)NS(=O)(=O)c1cnn(-c2cccc(C(F)(F)F)c2)c1. The number of benzene rings is 1. The number of carbonyl (C=O) groups excluding carboxylic acids is 2. The molecule has 0 radical (unpaired) electrons. The summed E-state index contributed by atoms with van der Waals surface area (Å²) in [5.74, 6) is -1.04. The summed E-state index contributed by atoms with van der Waals surface area (Å²) in [6.45, 7) is 1.23. The van der Waals surface area contributed by atoms with Crippen LogP contribution in [-0.2, 0) is 25.7 Å². The van der Waals surface area contributed by atoms with Gasteiger partial charge in [0.2, 0.25) is 0 Å². The van der Waals surface area contributed by atoms with Crippen LogP contribution in [0.2, 0.25) is 0 Å². The fourth-order valence-corrected chi connectivity index (χ4v) is 2.98. The van der Waals surface area contributed by atoms with Crippen LogP contribution in [0.5, 0.6) is 0 Å². The molecule has 152 valence electrons. The van der Waals surface area contributed by atoms with Crippen LogP contribution in [0.3, 0.4) is 0 Å². The van der Waals surface area contributed by atoms with Gasteiger partial charge >= 0.3 is 12.3 Å². The van der Waals surface area contributed by atoms with Crippen molar-refractivity contribution in [2.45, 2.75) is 24.0 Å². The Bertz CT molecular complexity index is 988. The first-order valence-corrected chi connectivity index (χ1v) is 9.06. The predicted molar refractivity (Wildman–Crippen MR) is 88.9 cm³/mol. The Labute approximate surface area is 157 Å². The van der Waals surface area contributed by atoms with Crippen molar-refractivity contribution in [1.29, 1.82) is 0 Å². The second-order valence-electron chi connectivity index (χ2n) is 5.50.